The molecule has 2 aromatic heterocycles. The molecular formula is C30H40N6O8. The molecule has 44 heavy (non-hydrogen) atoms. The molecule has 0 aliphatic carbocycles. The van der Waals surface area contributed by atoms with Crippen LogP contribution in [0.2, 0.25) is 0 Å². The molecule has 0 aliphatic rings. The lowest BCUT2D eigenvalue weighted by Gasteiger charge is -2.30. The molecule has 2 amide bonds. The molecule has 0 fully saturated rings. The number of aromatic nitrogens is 4. The summed E-state index contributed by atoms with van der Waals surface area (Å²) in [4.78, 5) is 56.4. The molecule has 3 aromatic rings. The van der Waals surface area contributed by atoms with Gasteiger partial charge in [-0.05, 0) is 38.8 Å². The molecule has 14 nitrogen and oxygen atoms in total. The van der Waals surface area contributed by atoms with E-state index < -0.39 is 35.2 Å². The zero-order valence-corrected chi connectivity index (χ0v) is 25.5. The minimum absolute atomic E-state index is 0.0588. The third-order valence-electron chi connectivity index (χ3n) is 6.56. The third-order valence-corrected chi connectivity index (χ3v) is 6.56. The van der Waals surface area contributed by atoms with Crippen LogP contribution < -0.4 is 10.6 Å². The highest BCUT2D eigenvalue weighted by molar-refractivity contribution is 5.70. The quantitative estimate of drug-likeness (QED) is 0.139. The Morgan fingerprint density at radius 1 is 0.682 bits per heavy atom. The summed E-state index contributed by atoms with van der Waals surface area (Å²) in [5.74, 6) is -0.804. The fourth-order valence-electron chi connectivity index (χ4n) is 4.03. The number of ether oxygens (including phenoxy) is 4. The minimum atomic E-state index is -0.826. The molecule has 0 spiro atoms. The number of amides is 2. The van der Waals surface area contributed by atoms with E-state index in [2.05, 4.69) is 20.6 Å². The van der Waals surface area contributed by atoms with Crippen molar-refractivity contribution in [3.8, 4) is 0 Å². The van der Waals surface area contributed by atoms with Gasteiger partial charge in [0.15, 0.2) is 0 Å². The van der Waals surface area contributed by atoms with E-state index in [-0.39, 0.29) is 39.3 Å². The standard InChI is InChI=1S/C30H40N6O8/c1-29(2,33-27(39)43-18-16-41-25(37)8-12-35-14-10-31-21-35)23-6-5-7-24(20-23)30(3,4)34-28(40)44-19-17-42-26(38)9-13-36-15-11-32-22-36/h5-7,10-11,14-15,20-22H,8-9,12-13,16-19H2,1-4H3,(H,33,39)(H,34,40). The van der Waals surface area contributed by atoms with Crippen molar-refractivity contribution in [1.29, 1.82) is 0 Å². The van der Waals surface area contributed by atoms with Crippen molar-refractivity contribution in [2.24, 2.45) is 0 Å². The number of nitrogens with one attached hydrogen (secondary N) is 2. The number of carbonyl (C=O) groups is 4. The topological polar surface area (TPSA) is 165 Å². The summed E-state index contributed by atoms with van der Waals surface area (Å²) < 4.78 is 24.1. The summed E-state index contributed by atoms with van der Waals surface area (Å²) in [5, 5.41) is 5.63. The van der Waals surface area contributed by atoms with E-state index in [1.807, 2.05) is 52.0 Å². The van der Waals surface area contributed by atoms with Crippen molar-refractivity contribution < 1.29 is 38.1 Å². The maximum absolute atomic E-state index is 12.5. The highest BCUT2D eigenvalue weighted by Crippen LogP contribution is 2.27. The summed E-state index contributed by atoms with van der Waals surface area (Å²) in [7, 11) is 0. The fourth-order valence-corrected chi connectivity index (χ4v) is 4.03. The maximum atomic E-state index is 12.5. The summed E-state index contributed by atoms with van der Waals surface area (Å²) in [6, 6.07) is 7.38. The zero-order chi connectivity index (χ0) is 32.0. The van der Waals surface area contributed by atoms with Crippen molar-refractivity contribution in [3.63, 3.8) is 0 Å². The molecule has 2 heterocycles. The largest absolute Gasteiger partial charge is 0.462 e. The molecule has 14 heteroatoms. The normalized spacial score (nSPS) is 11.4. The first-order chi connectivity index (χ1) is 20.9. The number of imidazole rings is 2. The third kappa shape index (κ3) is 11.4. The zero-order valence-electron chi connectivity index (χ0n) is 25.5. The Labute approximate surface area is 256 Å². The van der Waals surface area contributed by atoms with Gasteiger partial charge < -0.3 is 38.7 Å². The van der Waals surface area contributed by atoms with Gasteiger partial charge in [-0.1, -0.05) is 24.3 Å². The minimum Gasteiger partial charge on any atom is -0.462 e. The van der Waals surface area contributed by atoms with E-state index >= 15 is 0 Å². The number of hydrogen-bond acceptors (Lipinski definition) is 10. The van der Waals surface area contributed by atoms with Crippen molar-refractivity contribution >= 4 is 24.1 Å². The molecule has 0 radical (unpaired) electrons. The van der Waals surface area contributed by atoms with Crippen LogP contribution in [0, 0.1) is 0 Å². The average Bonchev–Trinajstić information content (AvgIpc) is 3.70. The van der Waals surface area contributed by atoms with Crippen LogP contribution in [0.4, 0.5) is 9.59 Å². The van der Waals surface area contributed by atoms with Crippen LogP contribution in [0.25, 0.3) is 0 Å². The van der Waals surface area contributed by atoms with Crippen LogP contribution in [0.1, 0.15) is 51.7 Å². The Morgan fingerprint density at radius 3 is 1.48 bits per heavy atom. The van der Waals surface area contributed by atoms with Gasteiger partial charge in [0.05, 0.1) is 36.6 Å². The Kier molecular flexibility index (Phi) is 12.3. The predicted octanol–water partition coefficient (Wildman–Crippen LogP) is 3.27. The van der Waals surface area contributed by atoms with Gasteiger partial charge in [-0.25, -0.2) is 19.6 Å². The fraction of sp³-hybridized carbons (Fsp3) is 0.467. The average molecular weight is 613 g/mol. The lowest BCUT2D eigenvalue weighted by molar-refractivity contribution is -0.145. The summed E-state index contributed by atoms with van der Waals surface area (Å²) in [6.45, 7) is 7.85. The van der Waals surface area contributed by atoms with Crippen LogP contribution in [0.5, 0.6) is 0 Å². The first-order valence-electron chi connectivity index (χ1n) is 14.2. The summed E-state index contributed by atoms with van der Waals surface area (Å²) >= 11 is 0. The van der Waals surface area contributed by atoms with Crippen molar-refractivity contribution in [2.45, 2.75) is 64.7 Å². The van der Waals surface area contributed by atoms with Crippen LogP contribution >= 0.6 is 0 Å². The van der Waals surface area contributed by atoms with Gasteiger partial charge in [-0.2, -0.15) is 0 Å². The molecule has 3 rings (SSSR count). The number of nitrogens with zero attached hydrogens (tertiary/aromatic N) is 4. The number of esters is 2. The number of aryl methyl sites for hydroxylation is 2. The van der Waals surface area contributed by atoms with Gasteiger partial charge in [-0.3, -0.25) is 9.59 Å². The van der Waals surface area contributed by atoms with Crippen LogP contribution in [-0.4, -0.2) is 69.7 Å². The highest BCUT2D eigenvalue weighted by atomic mass is 16.6. The molecule has 0 atom stereocenters. The van der Waals surface area contributed by atoms with Gasteiger partial charge in [0.1, 0.15) is 26.4 Å². The maximum Gasteiger partial charge on any atom is 0.407 e. The molecule has 0 unspecified atom stereocenters. The van der Waals surface area contributed by atoms with Crippen LogP contribution in [0.15, 0.2) is 61.7 Å². The Hall–Kier alpha value is -4.88. The molecule has 0 saturated heterocycles. The molecule has 0 aliphatic heterocycles. The van der Waals surface area contributed by atoms with Crippen molar-refractivity contribution in [2.75, 3.05) is 26.4 Å². The molecule has 238 valence electrons. The lowest BCUT2D eigenvalue weighted by atomic mass is 9.87. The van der Waals surface area contributed by atoms with Gasteiger partial charge in [0, 0.05) is 37.9 Å². The molecular weight excluding hydrogens is 572 g/mol. The van der Waals surface area contributed by atoms with Crippen LogP contribution in [0.3, 0.4) is 0 Å². The molecule has 0 bridgehead atoms. The SMILES string of the molecule is CC(C)(NC(=O)OCCOC(=O)CCn1ccnc1)c1cccc(C(C)(C)NC(=O)OCCOC(=O)CCn2ccnc2)c1. The Balaban J connectivity index is 1.38. The molecule has 2 N–H and O–H groups in total. The van der Waals surface area contributed by atoms with E-state index in [9.17, 15) is 19.2 Å². The van der Waals surface area contributed by atoms with Crippen LogP contribution in [-0.2, 0) is 52.7 Å². The smallest absolute Gasteiger partial charge is 0.407 e. The van der Waals surface area contributed by atoms with Gasteiger partial charge in [0.2, 0.25) is 0 Å². The van der Waals surface area contributed by atoms with Crippen molar-refractivity contribution in [3.05, 3.63) is 72.8 Å². The second-order valence-corrected chi connectivity index (χ2v) is 10.9. The molecule has 1 aromatic carbocycles. The highest BCUT2D eigenvalue weighted by Gasteiger charge is 2.28. The number of alkyl carbamates (subject to hydrolysis) is 2. The summed E-state index contributed by atoms with van der Waals surface area (Å²) in [5.41, 5.74) is -0.118. The second-order valence-electron chi connectivity index (χ2n) is 10.9. The van der Waals surface area contributed by atoms with E-state index in [0.717, 1.165) is 11.1 Å². The van der Waals surface area contributed by atoms with Crippen molar-refractivity contribution in [1.82, 2.24) is 29.7 Å². The lowest BCUT2D eigenvalue weighted by Crippen LogP contribution is -2.43. The van der Waals surface area contributed by atoms with E-state index in [1.165, 1.54) is 0 Å². The van der Waals surface area contributed by atoms with E-state index in [4.69, 9.17) is 18.9 Å². The molecule has 0 saturated carbocycles. The number of benzene rings is 1. The summed E-state index contributed by atoms with van der Waals surface area (Å²) in [6.07, 6.45) is 9.00. The second kappa shape index (κ2) is 16.1. The van der Waals surface area contributed by atoms with E-state index in [1.54, 1.807) is 46.6 Å². The Morgan fingerprint density at radius 2 is 1.09 bits per heavy atom. The monoisotopic (exact) mass is 612 g/mol. The first kappa shape index (κ1) is 33.6. The predicted molar refractivity (Wildman–Crippen MR) is 157 cm³/mol. The van der Waals surface area contributed by atoms with Gasteiger partial charge >= 0.3 is 24.1 Å². The number of carbonyl (C=O) groups excluding carboxylic acids is 4. The number of rotatable bonds is 16. The Bertz CT molecular complexity index is 1260. The number of hydrogen-bond donors (Lipinski definition) is 2. The van der Waals surface area contributed by atoms with E-state index in [0.29, 0.717) is 13.1 Å². The van der Waals surface area contributed by atoms with Gasteiger partial charge in [-0.15, -0.1) is 0 Å². The first-order valence-corrected chi connectivity index (χ1v) is 14.2. The van der Waals surface area contributed by atoms with Gasteiger partial charge in [0.25, 0.3) is 0 Å².